The lowest BCUT2D eigenvalue weighted by atomic mass is 9.95. The number of hydrogen-bond donors (Lipinski definition) is 1. The molecule has 0 fully saturated rings. The standard InChI is InChI=1S/C16H23NO3/c1-11(2)8-13-6-5-7-14(9-13)12(3)16(20)17(4)10-15(18)19/h5-7,9,11-12H,8,10H2,1-4H3,(H,18,19). The van der Waals surface area contributed by atoms with Gasteiger partial charge in [0.25, 0.3) is 0 Å². The average molecular weight is 277 g/mol. The van der Waals surface area contributed by atoms with Crippen molar-refractivity contribution in [1.29, 1.82) is 0 Å². The highest BCUT2D eigenvalue weighted by Crippen LogP contribution is 2.20. The van der Waals surface area contributed by atoms with Crippen molar-refractivity contribution in [3.63, 3.8) is 0 Å². The smallest absolute Gasteiger partial charge is 0.323 e. The zero-order chi connectivity index (χ0) is 15.3. The topological polar surface area (TPSA) is 57.6 Å². The molecule has 0 heterocycles. The van der Waals surface area contributed by atoms with Crippen molar-refractivity contribution in [3.05, 3.63) is 35.4 Å². The molecule has 0 aliphatic rings. The number of aliphatic carboxylic acids is 1. The van der Waals surface area contributed by atoms with Crippen LogP contribution in [0.1, 0.15) is 37.8 Å². The number of rotatable bonds is 6. The van der Waals surface area contributed by atoms with E-state index < -0.39 is 5.97 Å². The van der Waals surface area contributed by atoms with Crippen LogP contribution < -0.4 is 0 Å². The van der Waals surface area contributed by atoms with Crippen molar-refractivity contribution in [2.24, 2.45) is 5.92 Å². The average Bonchev–Trinajstić information content (AvgIpc) is 2.35. The highest BCUT2D eigenvalue weighted by atomic mass is 16.4. The van der Waals surface area contributed by atoms with Crippen LogP contribution in [0, 0.1) is 5.92 Å². The second kappa shape index (κ2) is 7.08. The first-order valence-electron chi connectivity index (χ1n) is 6.87. The van der Waals surface area contributed by atoms with E-state index in [2.05, 4.69) is 19.9 Å². The van der Waals surface area contributed by atoms with E-state index in [1.807, 2.05) is 25.1 Å². The Bertz CT molecular complexity index is 482. The van der Waals surface area contributed by atoms with Crippen molar-refractivity contribution >= 4 is 11.9 Å². The van der Waals surface area contributed by atoms with E-state index in [4.69, 9.17) is 5.11 Å². The summed E-state index contributed by atoms with van der Waals surface area (Å²) in [6.07, 6.45) is 0.972. The summed E-state index contributed by atoms with van der Waals surface area (Å²) >= 11 is 0. The lowest BCUT2D eigenvalue weighted by Gasteiger charge is -2.20. The number of carbonyl (C=O) groups is 2. The second-order valence-corrected chi connectivity index (χ2v) is 5.65. The van der Waals surface area contributed by atoms with Crippen LogP contribution in [0.3, 0.4) is 0 Å². The van der Waals surface area contributed by atoms with Gasteiger partial charge in [-0.2, -0.15) is 0 Å². The number of hydrogen-bond acceptors (Lipinski definition) is 2. The molecule has 1 atom stereocenters. The van der Waals surface area contributed by atoms with Crippen molar-refractivity contribution in [3.8, 4) is 0 Å². The lowest BCUT2D eigenvalue weighted by molar-refractivity contribution is -0.143. The fraction of sp³-hybridized carbons (Fsp3) is 0.500. The molecule has 0 saturated carbocycles. The maximum Gasteiger partial charge on any atom is 0.323 e. The van der Waals surface area contributed by atoms with Gasteiger partial charge in [0.15, 0.2) is 0 Å². The third-order valence-electron chi connectivity index (χ3n) is 3.21. The summed E-state index contributed by atoms with van der Waals surface area (Å²) in [5.74, 6) is -0.937. The van der Waals surface area contributed by atoms with Gasteiger partial charge in [0.1, 0.15) is 6.54 Å². The molecule has 0 radical (unpaired) electrons. The molecule has 0 spiro atoms. The molecule has 0 aliphatic heterocycles. The fourth-order valence-electron chi connectivity index (χ4n) is 2.21. The van der Waals surface area contributed by atoms with Crippen molar-refractivity contribution in [2.45, 2.75) is 33.1 Å². The first kappa shape index (κ1) is 16.2. The summed E-state index contributed by atoms with van der Waals surface area (Å²) in [5.41, 5.74) is 2.14. The molecular weight excluding hydrogens is 254 g/mol. The first-order chi connectivity index (χ1) is 9.31. The summed E-state index contributed by atoms with van der Waals surface area (Å²) < 4.78 is 0. The molecule has 4 nitrogen and oxygen atoms in total. The highest BCUT2D eigenvalue weighted by molar-refractivity contribution is 5.86. The predicted molar refractivity (Wildman–Crippen MR) is 78.7 cm³/mol. The third kappa shape index (κ3) is 4.68. The Hall–Kier alpha value is -1.84. The predicted octanol–water partition coefficient (Wildman–Crippen LogP) is 2.53. The second-order valence-electron chi connectivity index (χ2n) is 5.65. The maximum atomic E-state index is 12.2. The van der Waals surface area contributed by atoms with Gasteiger partial charge in [-0.05, 0) is 30.4 Å². The van der Waals surface area contributed by atoms with E-state index in [0.717, 1.165) is 12.0 Å². The van der Waals surface area contributed by atoms with Crippen molar-refractivity contribution in [2.75, 3.05) is 13.6 Å². The van der Waals surface area contributed by atoms with E-state index >= 15 is 0 Å². The molecule has 20 heavy (non-hydrogen) atoms. The van der Waals surface area contributed by atoms with Crippen LogP contribution >= 0.6 is 0 Å². The van der Waals surface area contributed by atoms with E-state index in [0.29, 0.717) is 5.92 Å². The van der Waals surface area contributed by atoms with Crippen LogP contribution in [-0.4, -0.2) is 35.5 Å². The summed E-state index contributed by atoms with van der Waals surface area (Å²) in [4.78, 5) is 24.1. The SMILES string of the molecule is CC(C)Cc1cccc(C(C)C(=O)N(C)CC(=O)O)c1. The van der Waals surface area contributed by atoms with Crippen LogP contribution in [0.4, 0.5) is 0 Å². The van der Waals surface area contributed by atoms with Gasteiger partial charge in [-0.1, -0.05) is 38.1 Å². The third-order valence-corrected chi connectivity index (χ3v) is 3.21. The van der Waals surface area contributed by atoms with Gasteiger partial charge in [-0.15, -0.1) is 0 Å². The highest BCUT2D eigenvalue weighted by Gasteiger charge is 2.21. The molecule has 0 aliphatic carbocycles. The minimum absolute atomic E-state index is 0.172. The molecule has 1 aromatic carbocycles. The van der Waals surface area contributed by atoms with E-state index in [9.17, 15) is 9.59 Å². The largest absolute Gasteiger partial charge is 0.480 e. The summed E-state index contributed by atoms with van der Waals surface area (Å²) in [6.45, 7) is 5.85. The number of carboxylic acid groups (broad SMARTS) is 1. The number of amides is 1. The summed E-state index contributed by atoms with van der Waals surface area (Å²) in [5, 5.41) is 8.73. The Balaban J connectivity index is 2.83. The van der Waals surface area contributed by atoms with Gasteiger partial charge in [0, 0.05) is 7.05 Å². The Morgan fingerprint density at radius 2 is 1.90 bits per heavy atom. The Kier molecular flexibility index (Phi) is 5.74. The van der Waals surface area contributed by atoms with Gasteiger partial charge in [-0.25, -0.2) is 0 Å². The van der Waals surface area contributed by atoms with Crippen LogP contribution in [0.25, 0.3) is 0 Å². The molecule has 1 amide bonds. The number of benzene rings is 1. The van der Waals surface area contributed by atoms with Crippen molar-refractivity contribution in [1.82, 2.24) is 4.90 Å². The molecule has 1 unspecified atom stereocenters. The van der Waals surface area contributed by atoms with Gasteiger partial charge >= 0.3 is 5.97 Å². The Morgan fingerprint density at radius 1 is 1.25 bits per heavy atom. The van der Waals surface area contributed by atoms with Gasteiger partial charge in [-0.3, -0.25) is 9.59 Å². The number of likely N-dealkylation sites (N-methyl/N-ethyl adjacent to an activating group) is 1. The summed E-state index contributed by atoms with van der Waals surface area (Å²) in [6, 6.07) is 7.97. The molecular formula is C16H23NO3. The molecule has 0 aromatic heterocycles. The molecule has 1 aromatic rings. The number of carboxylic acids is 1. The Labute approximate surface area is 120 Å². The summed E-state index contributed by atoms with van der Waals surface area (Å²) in [7, 11) is 1.52. The van der Waals surface area contributed by atoms with Crippen LogP contribution in [0.2, 0.25) is 0 Å². The van der Waals surface area contributed by atoms with E-state index in [1.165, 1.54) is 17.5 Å². The zero-order valence-electron chi connectivity index (χ0n) is 12.6. The number of nitrogens with zero attached hydrogens (tertiary/aromatic N) is 1. The Morgan fingerprint density at radius 3 is 2.45 bits per heavy atom. The van der Waals surface area contributed by atoms with Gasteiger partial charge in [0.2, 0.25) is 5.91 Å². The molecule has 1 N–H and O–H groups in total. The van der Waals surface area contributed by atoms with Crippen LogP contribution in [-0.2, 0) is 16.0 Å². The first-order valence-corrected chi connectivity index (χ1v) is 6.87. The van der Waals surface area contributed by atoms with Gasteiger partial charge in [0.05, 0.1) is 5.92 Å². The van der Waals surface area contributed by atoms with Crippen molar-refractivity contribution < 1.29 is 14.7 Å². The van der Waals surface area contributed by atoms with Crippen LogP contribution in [0.15, 0.2) is 24.3 Å². The molecule has 110 valence electrons. The number of carbonyl (C=O) groups excluding carboxylic acids is 1. The molecule has 0 saturated heterocycles. The minimum Gasteiger partial charge on any atom is -0.480 e. The van der Waals surface area contributed by atoms with Crippen LogP contribution in [0.5, 0.6) is 0 Å². The zero-order valence-corrected chi connectivity index (χ0v) is 12.6. The fourth-order valence-corrected chi connectivity index (χ4v) is 2.21. The minimum atomic E-state index is -0.999. The molecule has 4 heteroatoms. The normalized spacial score (nSPS) is 12.2. The molecule has 0 bridgehead atoms. The van der Waals surface area contributed by atoms with E-state index in [1.54, 1.807) is 0 Å². The monoisotopic (exact) mass is 277 g/mol. The van der Waals surface area contributed by atoms with E-state index in [-0.39, 0.29) is 18.4 Å². The quantitative estimate of drug-likeness (QED) is 0.869. The lowest BCUT2D eigenvalue weighted by Crippen LogP contribution is -2.34. The maximum absolute atomic E-state index is 12.2. The molecule has 1 rings (SSSR count). The van der Waals surface area contributed by atoms with Gasteiger partial charge < -0.3 is 10.0 Å².